The summed E-state index contributed by atoms with van der Waals surface area (Å²) in [7, 11) is -0.573. The van der Waals surface area contributed by atoms with Crippen LogP contribution in [0.5, 0.6) is 0 Å². The molecule has 0 saturated heterocycles. The Hall–Kier alpha value is 1.30. The van der Waals surface area contributed by atoms with Gasteiger partial charge >= 0.3 is 0 Å². The molecule has 0 aromatic carbocycles. The number of halogens is 3. The van der Waals surface area contributed by atoms with Crippen LogP contribution in [0.25, 0.3) is 0 Å². The first-order chi connectivity index (χ1) is 2.81. The normalized spacial score (nSPS) is 10.0. The third-order valence-electron chi connectivity index (χ3n) is 0.259. The van der Waals surface area contributed by atoms with Gasteiger partial charge in [0.15, 0.2) is 0 Å². The molecule has 0 saturated carbocycles. The predicted molar refractivity (Wildman–Crippen MR) is 34.2 cm³/mol. The largest absolute Gasteiger partial charge is 0.120 e. The van der Waals surface area contributed by atoms with Crippen LogP contribution >= 0.6 is 41.7 Å². The molecule has 0 rings (SSSR count). The van der Waals surface area contributed by atoms with Gasteiger partial charge in [0, 0.05) is 7.27 Å². The third-order valence-corrected chi connectivity index (χ3v) is 3.96. The molecular formula is C2H4Cl3P. The van der Waals surface area contributed by atoms with E-state index in [4.69, 9.17) is 34.4 Å². The molecule has 0 aliphatic carbocycles. The van der Waals surface area contributed by atoms with Crippen molar-refractivity contribution in [1.82, 2.24) is 0 Å². The summed E-state index contributed by atoms with van der Waals surface area (Å²) >= 11 is 16.0. The van der Waals surface area contributed by atoms with Crippen molar-refractivity contribution in [2.45, 2.75) is 0 Å². The zero-order chi connectivity index (χ0) is 4.99. The molecule has 0 amide bonds. The number of hydrogen-bond acceptors (Lipinski definition) is 0. The minimum Gasteiger partial charge on any atom is -0.120 e. The van der Waals surface area contributed by atoms with Gasteiger partial charge in [-0.3, -0.25) is 0 Å². The SMILES string of the molecule is ClCP(Cl)CCl. The van der Waals surface area contributed by atoms with E-state index in [1.165, 1.54) is 0 Å². The van der Waals surface area contributed by atoms with Crippen molar-refractivity contribution in [1.29, 1.82) is 0 Å². The third kappa shape index (κ3) is 3.49. The predicted octanol–water partition coefficient (Wildman–Crippen LogP) is 3.01. The second-order valence-electron chi connectivity index (χ2n) is 0.702. The Morgan fingerprint density at radius 3 is 1.50 bits per heavy atom. The average molecular weight is 165 g/mol. The van der Waals surface area contributed by atoms with E-state index in [2.05, 4.69) is 0 Å². The fourth-order valence-electron chi connectivity index (χ4n) is 0.0319. The lowest BCUT2D eigenvalue weighted by Gasteiger charge is -1.92. The van der Waals surface area contributed by atoms with E-state index >= 15 is 0 Å². The van der Waals surface area contributed by atoms with E-state index in [0.717, 1.165) is 0 Å². The van der Waals surface area contributed by atoms with Crippen LogP contribution in [-0.2, 0) is 0 Å². The molecule has 6 heavy (non-hydrogen) atoms. The minimum absolute atomic E-state index is 0.500. The summed E-state index contributed by atoms with van der Waals surface area (Å²) in [6.07, 6.45) is 0. The Morgan fingerprint density at radius 1 is 1.17 bits per heavy atom. The molecule has 0 fully saturated rings. The molecule has 4 heteroatoms. The van der Waals surface area contributed by atoms with Crippen LogP contribution in [-0.4, -0.2) is 11.2 Å². The van der Waals surface area contributed by atoms with Crippen LogP contribution in [0.15, 0.2) is 0 Å². The van der Waals surface area contributed by atoms with Crippen LogP contribution < -0.4 is 0 Å². The van der Waals surface area contributed by atoms with Crippen LogP contribution in [0.4, 0.5) is 0 Å². The molecule has 0 bridgehead atoms. The standard InChI is InChI=1S/C2H4Cl3P/c3-1-6(5)2-4/h1-2H2. The van der Waals surface area contributed by atoms with Gasteiger partial charge in [-0.25, -0.2) is 0 Å². The molecule has 0 radical (unpaired) electrons. The molecule has 38 valence electrons. The smallest absolute Gasteiger partial charge is 0.0574 e. The summed E-state index contributed by atoms with van der Waals surface area (Å²) in [6.45, 7) is 0. The molecule has 0 aromatic rings. The Bertz CT molecular complexity index is 28.0. The Morgan fingerprint density at radius 2 is 1.50 bits per heavy atom. The van der Waals surface area contributed by atoms with E-state index < -0.39 is 7.27 Å². The minimum atomic E-state index is -0.573. The number of rotatable bonds is 2. The molecule has 0 heterocycles. The van der Waals surface area contributed by atoms with Gasteiger partial charge in [0.05, 0.1) is 11.2 Å². The van der Waals surface area contributed by atoms with E-state index in [0.29, 0.717) is 11.2 Å². The first kappa shape index (κ1) is 7.30. The zero-order valence-corrected chi connectivity index (χ0v) is 6.16. The molecule has 0 atom stereocenters. The highest BCUT2D eigenvalue weighted by Crippen LogP contribution is 2.42. The maximum Gasteiger partial charge on any atom is 0.0574 e. The van der Waals surface area contributed by atoms with Crippen molar-refractivity contribution in [2.75, 3.05) is 11.2 Å². The second-order valence-corrected chi connectivity index (χ2v) is 4.97. The molecule has 0 N–H and O–H groups in total. The lowest BCUT2D eigenvalue weighted by atomic mass is 11.9. The molecule has 0 aromatic heterocycles. The van der Waals surface area contributed by atoms with Gasteiger partial charge in [-0.05, 0) is 0 Å². The fraction of sp³-hybridized carbons (Fsp3) is 1.00. The van der Waals surface area contributed by atoms with Gasteiger partial charge in [0.25, 0.3) is 0 Å². The van der Waals surface area contributed by atoms with Gasteiger partial charge in [-0.1, -0.05) is 11.2 Å². The van der Waals surface area contributed by atoms with Gasteiger partial charge in [0.2, 0.25) is 0 Å². The lowest BCUT2D eigenvalue weighted by molar-refractivity contribution is 2.06. The highest BCUT2D eigenvalue weighted by atomic mass is 35.7. The Labute approximate surface area is 53.3 Å². The fourth-order valence-corrected chi connectivity index (χ4v) is 0.862. The molecule has 0 nitrogen and oxygen atoms in total. The van der Waals surface area contributed by atoms with Crippen molar-refractivity contribution >= 4 is 41.7 Å². The van der Waals surface area contributed by atoms with Gasteiger partial charge in [-0.2, -0.15) is 0 Å². The second kappa shape index (κ2) is 4.46. The summed E-state index contributed by atoms with van der Waals surface area (Å²) in [5.74, 6) is 0. The Balaban J connectivity index is 2.75. The van der Waals surface area contributed by atoms with Crippen molar-refractivity contribution in [3.05, 3.63) is 0 Å². The molecule has 0 aliphatic rings. The summed E-state index contributed by atoms with van der Waals surface area (Å²) in [6, 6.07) is 0. The van der Waals surface area contributed by atoms with Crippen LogP contribution in [0.2, 0.25) is 0 Å². The maximum atomic E-state index is 5.45. The lowest BCUT2D eigenvalue weighted by Crippen LogP contribution is -1.62. The Kier molecular flexibility index (Phi) is 5.42. The van der Waals surface area contributed by atoms with Crippen molar-refractivity contribution in [2.24, 2.45) is 0 Å². The number of alkyl halides is 2. The number of hydrogen-bond donors (Lipinski definition) is 0. The summed E-state index contributed by atoms with van der Waals surface area (Å²) in [5, 5.41) is 0. The first-order valence-electron chi connectivity index (χ1n) is 1.34. The van der Waals surface area contributed by atoms with E-state index in [1.807, 2.05) is 0 Å². The van der Waals surface area contributed by atoms with E-state index in [9.17, 15) is 0 Å². The van der Waals surface area contributed by atoms with Gasteiger partial charge in [0.1, 0.15) is 0 Å². The van der Waals surface area contributed by atoms with Crippen molar-refractivity contribution < 1.29 is 0 Å². The average Bonchev–Trinajstić information content (AvgIpc) is 1.65. The molecule has 0 spiro atoms. The first-order valence-corrected chi connectivity index (χ1v) is 5.02. The van der Waals surface area contributed by atoms with Gasteiger partial charge in [-0.15, -0.1) is 23.2 Å². The highest BCUT2D eigenvalue weighted by Gasteiger charge is 1.94. The summed E-state index contributed by atoms with van der Waals surface area (Å²) < 4.78 is 0. The van der Waals surface area contributed by atoms with Crippen LogP contribution in [0, 0.1) is 0 Å². The van der Waals surface area contributed by atoms with E-state index in [-0.39, 0.29) is 0 Å². The monoisotopic (exact) mass is 164 g/mol. The quantitative estimate of drug-likeness (QED) is 0.436. The molecular weight excluding hydrogens is 161 g/mol. The zero-order valence-electron chi connectivity index (χ0n) is 3.00. The van der Waals surface area contributed by atoms with Crippen molar-refractivity contribution in [3.8, 4) is 0 Å². The summed E-state index contributed by atoms with van der Waals surface area (Å²) in [5.41, 5.74) is 1.00. The van der Waals surface area contributed by atoms with Crippen LogP contribution in [0.3, 0.4) is 0 Å². The van der Waals surface area contributed by atoms with E-state index in [1.54, 1.807) is 0 Å². The highest BCUT2D eigenvalue weighted by molar-refractivity contribution is 7.86. The van der Waals surface area contributed by atoms with Crippen molar-refractivity contribution in [3.63, 3.8) is 0 Å². The molecule has 0 aliphatic heterocycles. The summed E-state index contributed by atoms with van der Waals surface area (Å²) in [4.78, 5) is 0. The van der Waals surface area contributed by atoms with Crippen LogP contribution in [0.1, 0.15) is 0 Å². The topological polar surface area (TPSA) is 0 Å². The maximum absolute atomic E-state index is 5.45. The molecule has 0 unspecified atom stereocenters. The van der Waals surface area contributed by atoms with Gasteiger partial charge < -0.3 is 0 Å².